The Morgan fingerprint density at radius 1 is 0.706 bits per heavy atom. The highest BCUT2D eigenvalue weighted by Crippen LogP contribution is 2.25. The van der Waals surface area contributed by atoms with Crippen LogP contribution in [0.3, 0.4) is 0 Å². The molecule has 6 nitrogen and oxygen atoms in total. The van der Waals surface area contributed by atoms with E-state index >= 15 is 0 Å². The highest BCUT2D eigenvalue weighted by atomic mass is 19.1. The topological polar surface area (TPSA) is 93.2 Å². The van der Waals surface area contributed by atoms with Crippen molar-refractivity contribution >= 4 is 34.1 Å². The molecule has 4 rings (SSSR count). The van der Waals surface area contributed by atoms with Crippen LogP contribution in [-0.2, 0) is 0 Å². The van der Waals surface area contributed by atoms with Gasteiger partial charge in [0.2, 0.25) is 0 Å². The molecule has 0 fully saturated rings. The van der Waals surface area contributed by atoms with Gasteiger partial charge in [0.15, 0.2) is 0 Å². The molecule has 0 aliphatic heterocycles. The van der Waals surface area contributed by atoms with E-state index in [4.69, 9.17) is 5.73 Å². The fraction of sp³-hybridized carbons (Fsp3) is 0.0769. The Kier molecular flexibility index (Phi) is 7.76. The molecular formula is C26H24F2N4O2. The van der Waals surface area contributed by atoms with E-state index in [1.807, 2.05) is 32.0 Å². The van der Waals surface area contributed by atoms with E-state index in [2.05, 4.69) is 10.6 Å². The lowest BCUT2D eigenvalue weighted by Gasteiger charge is -2.10. The van der Waals surface area contributed by atoms with Crippen molar-refractivity contribution in [1.82, 2.24) is 0 Å². The maximum Gasteiger partial charge on any atom is 0.271 e. The summed E-state index contributed by atoms with van der Waals surface area (Å²) in [6, 6.07) is 22.3. The number of hydrogen-bond donors (Lipinski definition) is 3. The van der Waals surface area contributed by atoms with Crippen molar-refractivity contribution in [3.8, 4) is 0 Å². The first kappa shape index (κ1) is 24.2. The number of benzene rings is 4. The minimum absolute atomic E-state index is 0.0187. The van der Waals surface area contributed by atoms with Crippen LogP contribution in [0.5, 0.6) is 0 Å². The fourth-order valence-corrected chi connectivity index (χ4v) is 3.01. The number of aryl methyl sites for hydroxylation is 2. The van der Waals surface area contributed by atoms with E-state index in [9.17, 15) is 18.9 Å². The second kappa shape index (κ2) is 10.9. The number of nitrogens with zero attached hydrogens (tertiary/aromatic N) is 1. The Bertz CT molecular complexity index is 1280. The van der Waals surface area contributed by atoms with Crippen LogP contribution in [0.25, 0.3) is 0 Å². The minimum Gasteiger partial charge on any atom is -0.399 e. The van der Waals surface area contributed by atoms with Crippen LogP contribution in [0.2, 0.25) is 0 Å². The monoisotopic (exact) mass is 462 g/mol. The summed E-state index contributed by atoms with van der Waals surface area (Å²) in [5.74, 6) is -0.564. The summed E-state index contributed by atoms with van der Waals surface area (Å²) in [4.78, 5) is 10.2. The van der Waals surface area contributed by atoms with E-state index in [0.29, 0.717) is 17.1 Å². The molecule has 0 amide bonds. The molecule has 0 heterocycles. The van der Waals surface area contributed by atoms with E-state index in [1.165, 1.54) is 36.4 Å². The van der Waals surface area contributed by atoms with Crippen LogP contribution < -0.4 is 16.4 Å². The van der Waals surface area contributed by atoms with Gasteiger partial charge in [-0.2, -0.15) is 0 Å². The molecule has 0 aromatic heterocycles. The van der Waals surface area contributed by atoms with Gasteiger partial charge in [-0.15, -0.1) is 0 Å². The van der Waals surface area contributed by atoms with Gasteiger partial charge in [-0.1, -0.05) is 12.1 Å². The predicted molar refractivity (Wildman–Crippen MR) is 133 cm³/mol. The second-order valence-corrected chi connectivity index (χ2v) is 7.59. The van der Waals surface area contributed by atoms with Crippen LogP contribution in [0.4, 0.5) is 42.9 Å². The molecule has 4 aromatic rings. The lowest BCUT2D eigenvalue weighted by Crippen LogP contribution is -1.95. The van der Waals surface area contributed by atoms with Crippen molar-refractivity contribution in [2.45, 2.75) is 13.8 Å². The van der Waals surface area contributed by atoms with Crippen molar-refractivity contribution in [1.29, 1.82) is 0 Å². The fourth-order valence-electron chi connectivity index (χ4n) is 3.01. The molecule has 4 N–H and O–H groups in total. The molecule has 8 heteroatoms. The van der Waals surface area contributed by atoms with Crippen LogP contribution in [0.1, 0.15) is 11.1 Å². The summed E-state index contributed by atoms with van der Waals surface area (Å²) >= 11 is 0. The molecule has 174 valence electrons. The first-order valence-electron chi connectivity index (χ1n) is 10.4. The zero-order chi connectivity index (χ0) is 24.7. The van der Waals surface area contributed by atoms with Crippen LogP contribution >= 0.6 is 0 Å². The number of rotatable bonds is 5. The molecule has 0 unspecified atom stereocenters. The molecule has 34 heavy (non-hydrogen) atoms. The lowest BCUT2D eigenvalue weighted by molar-refractivity contribution is -0.384. The second-order valence-electron chi connectivity index (χ2n) is 7.59. The average molecular weight is 463 g/mol. The number of nitrogens with one attached hydrogen (secondary N) is 2. The smallest absolute Gasteiger partial charge is 0.271 e. The Labute approximate surface area is 196 Å². The molecule has 0 bridgehead atoms. The summed E-state index contributed by atoms with van der Waals surface area (Å²) in [6.45, 7) is 3.83. The largest absolute Gasteiger partial charge is 0.399 e. The van der Waals surface area contributed by atoms with Crippen LogP contribution in [0, 0.1) is 35.6 Å². The number of hydrogen-bond acceptors (Lipinski definition) is 5. The summed E-state index contributed by atoms with van der Waals surface area (Å²) in [5, 5.41) is 16.9. The zero-order valence-electron chi connectivity index (χ0n) is 18.7. The summed E-state index contributed by atoms with van der Waals surface area (Å²) in [6.07, 6.45) is 0. The molecule has 0 saturated carbocycles. The third kappa shape index (κ3) is 6.77. The Morgan fingerprint density at radius 2 is 1.15 bits per heavy atom. The van der Waals surface area contributed by atoms with Crippen LogP contribution in [-0.4, -0.2) is 4.92 Å². The van der Waals surface area contributed by atoms with Crippen molar-refractivity contribution in [3.05, 3.63) is 118 Å². The van der Waals surface area contributed by atoms with Crippen molar-refractivity contribution in [2.75, 3.05) is 16.4 Å². The third-order valence-corrected chi connectivity index (χ3v) is 4.94. The number of halogens is 2. The van der Waals surface area contributed by atoms with Crippen molar-refractivity contribution in [3.63, 3.8) is 0 Å². The molecule has 0 saturated heterocycles. The highest BCUT2D eigenvalue weighted by molar-refractivity contribution is 5.67. The molecule has 0 radical (unpaired) electrons. The van der Waals surface area contributed by atoms with Gasteiger partial charge in [0, 0.05) is 40.6 Å². The third-order valence-electron chi connectivity index (χ3n) is 4.94. The number of nitro groups is 1. The molecule has 0 aliphatic carbocycles. The number of anilines is 5. The Hall–Kier alpha value is -4.46. The minimum atomic E-state index is -0.449. The normalized spacial score (nSPS) is 10.1. The van der Waals surface area contributed by atoms with Crippen LogP contribution in [0.15, 0.2) is 84.9 Å². The van der Waals surface area contributed by atoms with Crippen molar-refractivity contribution in [2.24, 2.45) is 0 Å². The molecule has 0 spiro atoms. The van der Waals surface area contributed by atoms with Gasteiger partial charge in [-0.25, -0.2) is 8.78 Å². The van der Waals surface area contributed by atoms with E-state index in [0.717, 1.165) is 22.5 Å². The van der Waals surface area contributed by atoms with E-state index in [1.54, 1.807) is 30.3 Å². The van der Waals surface area contributed by atoms with Gasteiger partial charge in [-0.05, 0) is 85.6 Å². The predicted octanol–water partition coefficient (Wildman–Crippen LogP) is 7.25. The maximum absolute atomic E-state index is 12.8. The molecule has 4 aromatic carbocycles. The Morgan fingerprint density at radius 3 is 1.62 bits per heavy atom. The lowest BCUT2D eigenvalue weighted by atomic mass is 10.1. The molecule has 0 atom stereocenters. The number of non-ortho nitro benzene ring substituents is 1. The summed E-state index contributed by atoms with van der Waals surface area (Å²) < 4.78 is 25.5. The van der Waals surface area contributed by atoms with Gasteiger partial charge in [0.1, 0.15) is 11.6 Å². The first-order chi connectivity index (χ1) is 16.2. The summed E-state index contributed by atoms with van der Waals surface area (Å²) in [7, 11) is 0. The number of nitrogen functional groups attached to an aromatic ring is 1. The zero-order valence-corrected chi connectivity index (χ0v) is 18.7. The Balaban J connectivity index is 0.000000192. The molecular weight excluding hydrogens is 438 g/mol. The summed E-state index contributed by atoms with van der Waals surface area (Å²) in [5.41, 5.74) is 11.5. The van der Waals surface area contributed by atoms with Gasteiger partial charge in [-0.3, -0.25) is 10.1 Å². The van der Waals surface area contributed by atoms with Gasteiger partial charge < -0.3 is 16.4 Å². The molecule has 0 aliphatic rings. The highest BCUT2D eigenvalue weighted by Gasteiger charge is 2.08. The van der Waals surface area contributed by atoms with Gasteiger partial charge >= 0.3 is 0 Å². The first-order valence-corrected chi connectivity index (χ1v) is 10.4. The standard InChI is InChI=1S/C13H11FN2O2.C13H13FN2/c1-9-2-7-12(16(17)18)8-13(9)15-11-5-3-10(14)4-6-11;1-9-2-5-11(15)8-13(9)16-12-6-3-10(14)4-7-12/h2-8,15H,1H3;2-8,16H,15H2,1H3. The van der Waals surface area contributed by atoms with Gasteiger partial charge in [0.05, 0.1) is 4.92 Å². The van der Waals surface area contributed by atoms with Gasteiger partial charge in [0.25, 0.3) is 5.69 Å². The quantitative estimate of drug-likeness (QED) is 0.165. The maximum atomic E-state index is 12.8. The average Bonchev–Trinajstić information content (AvgIpc) is 2.81. The number of nitrogens with two attached hydrogens (primary N) is 1. The van der Waals surface area contributed by atoms with E-state index in [-0.39, 0.29) is 17.3 Å². The SMILES string of the molecule is Cc1ccc(N)cc1Nc1ccc(F)cc1.Cc1ccc([N+](=O)[O-])cc1Nc1ccc(F)cc1. The number of nitro benzene ring substituents is 1. The van der Waals surface area contributed by atoms with Crippen molar-refractivity contribution < 1.29 is 13.7 Å². The van der Waals surface area contributed by atoms with E-state index < -0.39 is 4.92 Å².